The summed E-state index contributed by atoms with van der Waals surface area (Å²) in [5.74, 6) is 0.327. The molecule has 2 aromatic rings. The van der Waals surface area contributed by atoms with Crippen LogP contribution in [-0.4, -0.2) is 23.6 Å². The van der Waals surface area contributed by atoms with Crippen LogP contribution in [0, 0.1) is 5.92 Å². The third-order valence-corrected chi connectivity index (χ3v) is 3.26. The van der Waals surface area contributed by atoms with Gasteiger partial charge in [-0.25, -0.2) is 4.79 Å². The summed E-state index contributed by atoms with van der Waals surface area (Å²) in [4.78, 5) is 22.1. The van der Waals surface area contributed by atoms with Gasteiger partial charge in [-0.3, -0.25) is 4.79 Å². The molecule has 0 saturated carbocycles. The van der Waals surface area contributed by atoms with Gasteiger partial charge in [-0.2, -0.15) is 0 Å². The molecular formula is C16H18O5. The molecule has 0 aliphatic heterocycles. The van der Waals surface area contributed by atoms with E-state index in [1.807, 2.05) is 6.92 Å². The Morgan fingerprint density at radius 3 is 2.76 bits per heavy atom. The number of fused-ring (bicyclic) bond motifs is 1. The second-order valence-electron chi connectivity index (χ2n) is 5.22. The number of carbonyl (C=O) groups is 1. The SMILES string of the molecule is CC(=O)CC(O)C(C)COc1ccc2ccc(=O)oc2c1. The van der Waals surface area contributed by atoms with Crippen molar-refractivity contribution in [1.82, 2.24) is 0 Å². The molecule has 5 nitrogen and oxygen atoms in total. The van der Waals surface area contributed by atoms with Gasteiger partial charge >= 0.3 is 5.63 Å². The van der Waals surface area contributed by atoms with Crippen LogP contribution in [0.25, 0.3) is 11.0 Å². The van der Waals surface area contributed by atoms with Gasteiger partial charge in [-0.05, 0) is 25.1 Å². The third kappa shape index (κ3) is 4.16. The molecule has 2 rings (SSSR count). The molecule has 0 fully saturated rings. The highest BCUT2D eigenvalue weighted by molar-refractivity contribution is 5.77. The zero-order valence-corrected chi connectivity index (χ0v) is 12.0. The molecule has 2 atom stereocenters. The lowest BCUT2D eigenvalue weighted by atomic mass is 10.0. The van der Waals surface area contributed by atoms with E-state index in [0.29, 0.717) is 11.3 Å². The van der Waals surface area contributed by atoms with Crippen LogP contribution in [0.1, 0.15) is 20.3 Å². The highest BCUT2D eigenvalue weighted by Gasteiger charge is 2.16. The Morgan fingerprint density at radius 2 is 2.05 bits per heavy atom. The Labute approximate surface area is 122 Å². The van der Waals surface area contributed by atoms with E-state index in [-0.39, 0.29) is 24.7 Å². The first-order valence-electron chi connectivity index (χ1n) is 6.80. The first-order chi connectivity index (χ1) is 9.95. The number of Topliss-reactive ketones (excluding diaryl/α,β-unsaturated/α-hetero) is 1. The first-order valence-corrected chi connectivity index (χ1v) is 6.80. The van der Waals surface area contributed by atoms with Gasteiger partial charge in [0.25, 0.3) is 0 Å². The van der Waals surface area contributed by atoms with E-state index in [0.717, 1.165) is 5.39 Å². The summed E-state index contributed by atoms with van der Waals surface area (Å²) in [5, 5.41) is 10.6. The van der Waals surface area contributed by atoms with Crippen molar-refractivity contribution in [3.8, 4) is 5.75 Å². The fourth-order valence-corrected chi connectivity index (χ4v) is 1.97. The quantitative estimate of drug-likeness (QED) is 0.825. The maximum atomic E-state index is 11.2. The number of hydrogen-bond acceptors (Lipinski definition) is 5. The lowest BCUT2D eigenvalue weighted by Gasteiger charge is -2.18. The summed E-state index contributed by atoms with van der Waals surface area (Å²) in [6, 6.07) is 8.25. The fraction of sp³-hybridized carbons (Fsp3) is 0.375. The molecule has 1 aromatic carbocycles. The smallest absolute Gasteiger partial charge is 0.336 e. The number of carbonyl (C=O) groups excluding carboxylic acids is 1. The van der Waals surface area contributed by atoms with Gasteiger partial charge in [-0.15, -0.1) is 0 Å². The van der Waals surface area contributed by atoms with E-state index in [2.05, 4.69) is 0 Å². The summed E-state index contributed by atoms with van der Waals surface area (Å²) in [5.41, 5.74) is 0.0434. The largest absolute Gasteiger partial charge is 0.493 e. The van der Waals surface area contributed by atoms with Gasteiger partial charge in [0.1, 0.15) is 17.1 Å². The number of aliphatic hydroxyl groups excluding tert-OH is 1. The van der Waals surface area contributed by atoms with Crippen LogP contribution in [0.3, 0.4) is 0 Å². The standard InChI is InChI=1S/C16H18O5/c1-10(14(18)7-11(2)17)9-20-13-5-3-12-4-6-16(19)21-15(12)8-13/h3-6,8,10,14,18H,7,9H2,1-2H3. The Kier molecular flexibility index (Phi) is 4.75. The summed E-state index contributed by atoms with van der Waals surface area (Å²) in [6.45, 7) is 3.54. The van der Waals surface area contributed by atoms with Gasteiger partial charge in [0.2, 0.25) is 0 Å². The maximum Gasteiger partial charge on any atom is 0.336 e. The predicted molar refractivity (Wildman–Crippen MR) is 78.4 cm³/mol. The van der Waals surface area contributed by atoms with Crippen molar-refractivity contribution in [2.75, 3.05) is 6.61 Å². The number of aliphatic hydroxyl groups is 1. The average Bonchev–Trinajstić information content (AvgIpc) is 2.43. The minimum atomic E-state index is -0.721. The molecule has 2 unspecified atom stereocenters. The topological polar surface area (TPSA) is 76.7 Å². The highest BCUT2D eigenvalue weighted by Crippen LogP contribution is 2.20. The summed E-state index contributed by atoms with van der Waals surface area (Å²) in [6.07, 6.45) is -0.599. The molecule has 1 aromatic heterocycles. The molecule has 112 valence electrons. The molecule has 0 aliphatic carbocycles. The summed E-state index contributed by atoms with van der Waals surface area (Å²) in [7, 11) is 0. The minimum absolute atomic E-state index is 0.0539. The Hall–Kier alpha value is -2.14. The molecule has 0 amide bonds. The van der Waals surface area contributed by atoms with E-state index >= 15 is 0 Å². The van der Waals surface area contributed by atoms with Crippen molar-refractivity contribution in [3.63, 3.8) is 0 Å². The van der Waals surface area contributed by atoms with Crippen molar-refractivity contribution >= 4 is 16.8 Å². The minimum Gasteiger partial charge on any atom is -0.493 e. The average molecular weight is 290 g/mol. The summed E-state index contributed by atoms with van der Waals surface area (Å²) < 4.78 is 10.7. The lowest BCUT2D eigenvalue weighted by Crippen LogP contribution is -2.25. The Bertz CT molecular complexity index is 688. The zero-order valence-electron chi connectivity index (χ0n) is 12.0. The van der Waals surface area contributed by atoms with Crippen LogP contribution in [-0.2, 0) is 4.79 Å². The normalized spacial score (nSPS) is 13.9. The van der Waals surface area contributed by atoms with Crippen molar-refractivity contribution < 1.29 is 19.1 Å². The first kappa shape index (κ1) is 15.3. The summed E-state index contributed by atoms with van der Waals surface area (Å²) >= 11 is 0. The van der Waals surface area contributed by atoms with Crippen LogP contribution in [0.5, 0.6) is 5.75 Å². The number of benzene rings is 1. The molecule has 1 N–H and O–H groups in total. The highest BCUT2D eigenvalue weighted by atomic mass is 16.5. The van der Waals surface area contributed by atoms with E-state index in [9.17, 15) is 14.7 Å². The molecule has 1 heterocycles. The van der Waals surface area contributed by atoms with Crippen LogP contribution in [0.15, 0.2) is 39.5 Å². The second kappa shape index (κ2) is 6.54. The van der Waals surface area contributed by atoms with Crippen LogP contribution < -0.4 is 10.4 Å². The van der Waals surface area contributed by atoms with Crippen molar-refractivity contribution in [1.29, 1.82) is 0 Å². The number of ether oxygens (including phenoxy) is 1. The van der Waals surface area contributed by atoms with Crippen LogP contribution in [0.2, 0.25) is 0 Å². The van der Waals surface area contributed by atoms with Crippen molar-refractivity contribution in [2.45, 2.75) is 26.4 Å². The van der Waals surface area contributed by atoms with E-state index in [1.165, 1.54) is 13.0 Å². The molecule has 0 radical (unpaired) electrons. The Morgan fingerprint density at radius 1 is 1.33 bits per heavy atom. The molecule has 0 aliphatic rings. The molecule has 0 saturated heterocycles. The van der Waals surface area contributed by atoms with E-state index in [4.69, 9.17) is 9.15 Å². The van der Waals surface area contributed by atoms with Gasteiger partial charge in [0.05, 0.1) is 12.7 Å². The predicted octanol–water partition coefficient (Wildman–Crippen LogP) is 2.15. The molecule has 0 bridgehead atoms. The third-order valence-electron chi connectivity index (χ3n) is 3.26. The molecule has 5 heteroatoms. The lowest BCUT2D eigenvalue weighted by molar-refractivity contribution is -0.119. The van der Waals surface area contributed by atoms with Gasteiger partial charge in [0.15, 0.2) is 0 Å². The van der Waals surface area contributed by atoms with Crippen molar-refractivity contribution in [2.24, 2.45) is 5.92 Å². The second-order valence-corrected chi connectivity index (χ2v) is 5.22. The monoisotopic (exact) mass is 290 g/mol. The van der Waals surface area contributed by atoms with Gasteiger partial charge in [0, 0.05) is 29.9 Å². The molecule has 0 spiro atoms. The fourth-order valence-electron chi connectivity index (χ4n) is 1.97. The number of ketones is 1. The van der Waals surface area contributed by atoms with Crippen LogP contribution in [0.4, 0.5) is 0 Å². The van der Waals surface area contributed by atoms with Gasteiger partial charge < -0.3 is 14.3 Å². The van der Waals surface area contributed by atoms with E-state index < -0.39 is 11.7 Å². The number of rotatable bonds is 6. The van der Waals surface area contributed by atoms with E-state index in [1.54, 1.807) is 24.3 Å². The van der Waals surface area contributed by atoms with Crippen LogP contribution >= 0.6 is 0 Å². The maximum absolute atomic E-state index is 11.2. The number of hydrogen-bond donors (Lipinski definition) is 1. The molecule has 21 heavy (non-hydrogen) atoms. The zero-order chi connectivity index (χ0) is 15.4. The molecular weight excluding hydrogens is 272 g/mol. The van der Waals surface area contributed by atoms with Gasteiger partial charge in [-0.1, -0.05) is 6.92 Å². The van der Waals surface area contributed by atoms with Crippen molar-refractivity contribution in [3.05, 3.63) is 40.8 Å². The Balaban J connectivity index is 2.03.